The summed E-state index contributed by atoms with van der Waals surface area (Å²) in [6.07, 6.45) is 4.86. The van der Waals surface area contributed by atoms with Crippen LogP contribution in [0.15, 0.2) is 17.0 Å². The lowest BCUT2D eigenvalue weighted by Crippen LogP contribution is -2.69. The fourth-order valence-corrected chi connectivity index (χ4v) is 7.12. The second-order valence-corrected chi connectivity index (χ2v) is 11.5. The van der Waals surface area contributed by atoms with Crippen LogP contribution in [-0.2, 0) is 21.6 Å². The summed E-state index contributed by atoms with van der Waals surface area (Å²) in [7, 11) is 0.924. The highest BCUT2D eigenvalue weighted by Crippen LogP contribution is 2.55. The van der Waals surface area contributed by atoms with E-state index in [0.717, 1.165) is 46.1 Å². The number of pyridine rings is 1. The Hall–Kier alpha value is -0.960. The molecule has 0 bridgehead atoms. The molecule has 2 aliphatic carbocycles. The maximum absolute atomic E-state index is 13.5. The van der Waals surface area contributed by atoms with Gasteiger partial charge in [0.25, 0.3) is 5.92 Å². The van der Waals surface area contributed by atoms with Crippen LogP contribution in [0, 0.1) is 17.8 Å². The Morgan fingerprint density at radius 2 is 1.76 bits per heavy atom. The van der Waals surface area contributed by atoms with Crippen molar-refractivity contribution in [3.05, 3.63) is 23.5 Å². The fourth-order valence-electron chi connectivity index (χ4n) is 5.57. The van der Waals surface area contributed by atoms with Gasteiger partial charge in [-0.25, -0.2) is 8.51 Å². The second-order valence-electron chi connectivity index (χ2n) is 10.00. The van der Waals surface area contributed by atoms with Crippen LogP contribution < -0.4 is 0 Å². The van der Waals surface area contributed by atoms with Gasteiger partial charge in [-0.15, -0.1) is 0 Å². The minimum absolute atomic E-state index is 0.271. The first-order valence-electron chi connectivity index (χ1n) is 10.4. The molecule has 3 heterocycles. The summed E-state index contributed by atoms with van der Waals surface area (Å²) in [5.41, 5.74) is 0.932. The normalized spacial score (nSPS) is 29.2. The Morgan fingerprint density at radius 1 is 1.17 bits per heavy atom. The number of rotatable bonds is 5. The van der Waals surface area contributed by atoms with Crippen LogP contribution in [0.2, 0.25) is 0 Å². The first-order valence-corrected chi connectivity index (χ1v) is 11.5. The lowest BCUT2D eigenvalue weighted by Gasteiger charge is -2.63. The van der Waals surface area contributed by atoms with Crippen molar-refractivity contribution in [2.45, 2.75) is 62.4 Å². The molecule has 5 nitrogen and oxygen atoms in total. The van der Waals surface area contributed by atoms with Crippen molar-refractivity contribution in [1.82, 2.24) is 14.2 Å². The fraction of sp³-hybridized carbons (Fsp3) is 0.762. The number of hydrogen-bond acceptors (Lipinski definition) is 4. The van der Waals surface area contributed by atoms with Crippen LogP contribution in [0.3, 0.4) is 0 Å². The number of alkyl halides is 2. The number of halogens is 2. The minimum Gasteiger partial charge on any atom is -0.380 e. The van der Waals surface area contributed by atoms with Crippen molar-refractivity contribution in [3.63, 3.8) is 0 Å². The number of nitrogens with zero attached hydrogens (tertiary/aromatic N) is 3. The van der Waals surface area contributed by atoms with E-state index in [1.54, 1.807) is 13.0 Å². The van der Waals surface area contributed by atoms with E-state index in [1.807, 2.05) is 4.31 Å². The molecule has 4 fully saturated rings. The third-order valence-electron chi connectivity index (χ3n) is 7.58. The van der Waals surface area contributed by atoms with Crippen LogP contribution >= 0.6 is 0 Å². The summed E-state index contributed by atoms with van der Waals surface area (Å²) in [6, 6.07) is 4.16. The van der Waals surface area contributed by atoms with E-state index in [2.05, 4.69) is 16.9 Å². The predicted octanol–water partition coefficient (Wildman–Crippen LogP) is 3.10. The summed E-state index contributed by atoms with van der Waals surface area (Å²) in [4.78, 5) is 7.09. The second kappa shape index (κ2) is 6.52. The molecule has 1 atom stereocenters. The lowest BCUT2D eigenvalue weighted by molar-refractivity contribution is -0.195. The molecule has 5 rings (SSSR count). The van der Waals surface area contributed by atoms with E-state index in [4.69, 9.17) is 4.74 Å². The van der Waals surface area contributed by atoms with Crippen LogP contribution in [0.25, 0.3) is 0 Å². The van der Waals surface area contributed by atoms with Crippen molar-refractivity contribution in [1.29, 1.82) is 0 Å². The van der Waals surface area contributed by atoms with E-state index in [1.165, 1.54) is 18.9 Å². The smallest absolute Gasteiger partial charge is 0.286 e. The Morgan fingerprint density at radius 3 is 2.24 bits per heavy atom. The van der Waals surface area contributed by atoms with Gasteiger partial charge >= 0.3 is 0 Å². The van der Waals surface area contributed by atoms with Crippen LogP contribution in [0.1, 0.15) is 44.0 Å². The largest absolute Gasteiger partial charge is 0.380 e. The summed E-state index contributed by atoms with van der Waals surface area (Å²) >= 11 is 0. The third kappa shape index (κ3) is 3.27. The molecule has 160 valence electrons. The monoisotopic (exact) mass is 425 g/mol. The average Bonchev–Trinajstić information content (AvgIpc) is 2.48. The number of ether oxygens (including phenoxy) is 1. The molecule has 1 aromatic heterocycles. The molecule has 0 radical (unpaired) electrons. The summed E-state index contributed by atoms with van der Waals surface area (Å²) in [6.45, 7) is 6.01. The maximum Gasteiger partial charge on any atom is 0.286 e. The predicted molar refractivity (Wildman–Crippen MR) is 106 cm³/mol. The highest BCUT2D eigenvalue weighted by Gasteiger charge is 2.58. The van der Waals surface area contributed by atoms with Gasteiger partial charge in [-0.3, -0.25) is 4.98 Å². The van der Waals surface area contributed by atoms with Crippen molar-refractivity contribution in [3.8, 4) is 0 Å². The highest BCUT2D eigenvalue weighted by molar-refractivity contribution is 7.82. The van der Waals surface area contributed by atoms with Gasteiger partial charge in [-0.05, 0) is 51.8 Å². The van der Waals surface area contributed by atoms with Crippen LogP contribution in [0.4, 0.5) is 8.78 Å². The standard InChI is InChI=1S/C21H29F2N3O2S/c1-14-17(4-5-18(24-14)19(2,22)23)29(27)26-10-20(11-26)6-15(7-20)25(3)16-8-21(9-16)12-28-13-21/h4-5,15-16H,6-13H2,1-3H3. The van der Waals surface area contributed by atoms with Crippen molar-refractivity contribution < 1.29 is 17.7 Å². The Kier molecular flexibility index (Phi) is 4.49. The molecule has 2 aliphatic heterocycles. The summed E-state index contributed by atoms with van der Waals surface area (Å²) < 4.78 is 47.2. The molecule has 0 N–H and O–H groups in total. The molecule has 0 aromatic carbocycles. The first-order chi connectivity index (χ1) is 13.6. The van der Waals surface area contributed by atoms with E-state index in [9.17, 15) is 13.0 Å². The van der Waals surface area contributed by atoms with E-state index >= 15 is 0 Å². The van der Waals surface area contributed by atoms with Gasteiger partial charge < -0.3 is 9.64 Å². The van der Waals surface area contributed by atoms with Gasteiger partial charge in [0.05, 0.1) is 23.8 Å². The molecule has 4 aliphatic rings. The molecular weight excluding hydrogens is 396 g/mol. The highest BCUT2D eigenvalue weighted by atomic mass is 32.2. The Balaban J connectivity index is 1.13. The number of aryl methyl sites for hydroxylation is 1. The van der Waals surface area contributed by atoms with E-state index in [-0.39, 0.29) is 11.1 Å². The van der Waals surface area contributed by atoms with Crippen LogP contribution in [0.5, 0.6) is 0 Å². The van der Waals surface area contributed by atoms with Crippen LogP contribution in [-0.4, -0.2) is 63.8 Å². The molecule has 8 heteroatoms. The average molecular weight is 426 g/mol. The van der Waals surface area contributed by atoms with Crippen molar-refractivity contribution >= 4 is 11.0 Å². The van der Waals surface area contributed by atoms with Crippen molar-refractivity contribution in [2.75, 3.05) is 33.4 Å². The molecule has 2 saturated heterocycles. The number of hydrogen-bond donors (Lipinski definition) is 0. The molecule has 29 heavy (non-hydrogen) atoms. The molecular formula is C21H29F2N3O2S. The zero-order chi connectivity index (χ0) is 20.6. The summed E-state index contributed by atoms with van der Waals surface area (Å²) in [5.74, 6) is -2.98. The molecule has 2 saturated carbocycles. The molecule has 1 aromatic rings. The van der Waals surface area contributed by atoms with Gasteiger partial charge in [0.2, 0.25) is 0 Å². The van der Waals surface area contributed by atoms with Gasteiger partial charge in [-0.2, -0.15) is 8.78 Å². The van der Waals surface area contributed by atoms with Gasteiger partial charge in [0, 0.05) is 42.9 Å². The maximum atomic E-state index is 13.5. The first kappa shape index (κ1) is 20.0. The van der Waals surface area contributed by atoms with E-state index < -0.39 is 16.9 Å². The lowest BCUT2D eigenvalue weighted by atomic mass is 9.59. The zero-order valence-corrected chi connectivity index (χ0v) is 18.1. The Bertz CT molecular complexity index is 833. The molecule has 1 unspecified atom stereocenters. The SMILES string of the molecule is Cc1nc(C(C)(F)F)ccc1S(=O)N1CC2(CC(N(C)C3CC4(COC4)C3)C2)C1. The zero-order valence-electron chi connectivity index (χ0n) is 17.3. The molecule has 2 spiro atoms. The van der Waals surface area contributed by atoms with E-state index in [0.29, 0.717) is 28.1 Å². The van der Waals surface area contributed by atoms with Gasteiger partial charge in [0.15, 0.2) is 0 Å². The topological polar surface area (TPSA) is 45.7 Å². The number of aromatic nitrogens is 1. The molecule has 0 amide bonds. The van der Waals surface area contributed by atoms with Crippen molar-refractivity contribution in [2.24, 2.45) is 10.8 Å². The third-order valence-corrected chi connectivity index (χ3v) is 9.11. The quantitative estimate of drug-likeness (QED) is 0.727. The van der Waals surface area contributed by atoms with Gasteiger partial charge in [0.1, 0.15) is 16.7 Å². The van der Waals surface area contributed by atoms with Gasteiger partial charge in [-0.1, -0.05) is 0 Å². The summed E-state index contributed by atoms with van der Waals surface area (Å²) in [5, 5.41) is 0. The minimum atomic E-state index is -2.98. The Labute approximate surface area is 173 Å².